The van der Waals surface area contributed by atoms with Crippen molar-refractivity contribution in [3.63, 3.8) is 0 Å². The van der Waals surface area contributed by atoms with E-state index in [1.165, 1.54) is 19.3 Å². The monoisotopic (exact) mass is 121 g/mol. The number of rotatable bonds is 0. The van der Waals surface area contributed by atoms with Crippen molar-refractivity contribution in [3.05, 3.63) is 11.6 Å². The average molecular weight is 121 g/mol. The van der Waals surface area contributed by atoms with Gasteiger partial charge in [-0.1, -0.05) is 11.6 Å². The predicted octanol–water partition coefficient (Wildman–Crippen LogP) is 2.36. The number of fused-ring (bicyclic) bond motifs is 1. The van der Waals surface area contributed by atoms with Gasteiger partial charge in [-0.3, -0.25) is 0 Å². The molecule has 4 atom stereocenters. The van der Waals surface area contributed by atoms with Crippen LogP contribution in [0, 0.1) is 17.8 Å². The molecule has 0 aromatic carbocycles. The van der Waals surface area contributed by atoms with E-state index in [4.69, 9.17) is 1.37 Å². The fourth-order valence-electron chi connectivity index (χ4n) is 2.91. The van der Waals surface area contributed by atoms with Gasteiger partial charge in [0.1, 0.15) is 0 Å². The van der Waals surface area contributed by atoms with Crippen LogP contribution in [0.5, 0.6) is 0 Å². The molecule has 0 nitrogen and oxygen atoms in total. The Labute approximate surface area is 57.4 Å². The van der Waals surface area contributed by atoms with Crippen LogP contribution in [0.1, 0.15) is 27.0 Å². The molecule has 0 amide bonds. The summed E-state index contributed by atoms with van der Waals surface area (Å²) in [6, 6.07) is 0. The van der Waals surface area contributed by atoms with Crippen LogP contribution < -0.4 is 0 Å². The Morgan fingerprint density at radius 2 is 2.56 bits per heavy atom. The zero-order valence-electron chi connectivity index (χ0n) is 6.51. The molecule has 2 saturated carbocycles. The van der Waals surface area contributed by atoms with Gasteiger partial charge in [0.15, 0.2) is 0 Å². The third-order valence-electron chi connectivity index (χ3n) is 3.27. The molecular weight excluding hydrogens is 108 g/mol. The van der Waals surface area contributed by atoms with E-state index in [1.807, 2.05) is 0 Å². The predicted molar refractivity (Wildman–Crippen MR) is 37.0 cm³/mol. The molecule has 3 unspecified atom stereocenters. The smallest absolute Gasteiger partial charge is 0.0313 e. The molecule has 0 radical (unpaired) electrons. The van der Waals surface area contributed by atoms with Crippen molar-refractivity contribution in [2.75, 3.05) is 0 Å². The number of hydrogen-bond acceptors (Lipinski definition) is 0. The second-order valence-corrected chi connectivity index (χ2v) is 3.75. The zero-order chi connectivity index (χ0) is 6.72. The standard InChI is InChI=1S/C9H12/c1-2-8-4-6-3-7(1)9(8)5-6/h1,6,8-9H,2-5H2/i2D/t2-,6?,8?,9?/m0/s1. The fourth-order valence-corrected chi connectivity index (χ4v) is 2.91. The zero-order valence-corrected chi connectivity index (χ0v) is 5.51. The largest absolute Gasteiger partial charge is 0.0847 e. The summed E-state index contributed by atoms with van der Waals surface area (Å²) in [6.07, 6.45) is 6.52. The van der Waals surface area contributed by atoms with E-state index in [2.05, 4.69) is 6.08 Å². The average Bonchev–Trinajstić information content (AvgIpc) is 2.44. The summed E-state index contributed by atoms with van der Waals surface area (Å²) in [4.78, 5) is 0. The third kappa shape index (κ3) is 0.417. The fraction of sp³-hybridized carbons (Fsp3) is 0.778. The number of allylic oxidation sites excluding steroid dienone is 2. The second kappa shape index (κ2) is 1.25. The Morgan fingerprint density at radius 3 is 3.22 bits per heavy atom. The Hall–Kier alpha value is -0.260. The molecule has 3 aliphatic carbocycles. The van der Waals surface area contributed by atoms with E-state index in [-0.39, 0.29) is 6.40 Å². The molecule has 3 rings (SSSR count). The Bertz CT molecular complexity index is 207. The SMILES string of the molecule is [2H][C@H]1C=C2CC3CC2C1C3. The van der Waals surface area contributed by atoms with Gasteiger partial charge >= 0.3 is 0 Å². The van der Waals surface area contributed by atoms with Gasteiger partial charge < -0.3 is 0 Å². The summed E-state index contributed by atoms with van der Waals surface area (Å²) < 4.78 is 7.74. The van der Waals surface area contributed by atoms with E-state index in [1.54, 1.807) is 5.57 Å². The summed E-state index contributed by atoms with van der Waals surface area (Å²) >= 11 is 0. The Morgan fingerprint density at radius 1 is 1.56 bits per heavy atom. The molecule has 0 saturated heterocycles. The molecular formula is C9H12. The normalized spacial score (nSPS) is 62.2. The molecule has 0 heterocycles. The quantitative estimate of drug-likeness (QED) is 0.431. The highest BCUT2D eigenvalue weighted by Crippen LogP contribution is 2.56. The first-order chi connectivity index (χ1) is 4.84. The highest BCUT2D eigenvalue weighted by molar-refractivity contribution is 5.24. The van der Waals surface area contributed by atoms with Gasteiger partial charge in [0.2, 0.25) is 0 Å². The molecule has 48 valence electrons. The Kier molecular flexibility index (Phi) is 0.530. The summed E-state index contributed by atoms with van der Waals surface area (Å²) in [5.74, 6) is 2.60. The molecule has 9 heavy (non-hydrogen) atoms. The lowest BCUT2D eigenvalue weighted by Gasteiger charge is -2.14. The highest BCUT2D eigenvalue weighted by atomic mass is 14.5. The minimum Gasteiger partial charge on any atom is -0.0847 e. The molecule has 0 aromatic rings. The van der Waals surface area contributed by atoms with Crippen LogP contribution in [0.25, 0.3) is 0 Å². The molecule has 2 bridgehead atoms. The first-order valence-electron chi connectivity index (χ1n) is 4.55. The molecule has 0 aromatic heterocycles. The maximum atomic E-state index is 7.74. The van der Waals surface area contributed by atoms with Crippen LogP contribution in [0.2, 0.25) is 0 Å². The Balaban J connectivity index is 2.08. The summed E-state index contributed by atoms with van der Waals surface area (Å²) in [7, 11) is 0. The number of hydrogen-bond donors (Lipinski definition) is 0. The second-order valence-electron chi connectivity index (χ2n) is 3.75. The van der Waals surface area contributed by atoms with Gasteiger partial charge in [0, 0.05) is 1.37 Å². The minimum absolute atomic E-state index is 0.174. The molecule has 0 spiro atoms. The van der Waals surface area contributed by atoms with Gasteiger partial charge in [0.05, 0.1) is 0 Å². The lowest BCUT2D eigenvalue weighted by atomic mass is 9.91. The highest BCUT2D eigenvalue weighted by Gasteiger charge is 2.44. The van der Waals surface area contributed by atoms with Crippen LogP contribution in [-0.4, -0.2) is 0 Å². The van der Waals surface area contributed by atoms with E-state index in [0.29, 0.717) is 0 Å². The van der Waals surface area contributed by atoms with Gasteiger partial charge in [0.25, 0.3) is 0 Å². The third-order valence-corrected chi connectivity index (χ3v) is 3.27. The van der Waals surface area contributed by atoms with Crippen LogP contribution >= 0.6 is 0 Å². The van der Waals surface area contributed by atoms with Crippen LogP contribution in [0.3, 0.4) is 0 Å². The minimum atomic E-state index is 0.174. The van der Waals surface area contributed by atoms with E-state index in [9.17, 15) is 0 Å². The molecule has 3 aliphatic rings. The van der Waals surface area contributed by atoms with E-state index >= 15 is 0 Å². The van der Waals surface area contributed by atoms with Crippen molar-refractivity contribution in [3.8, 4) is 0 Å². The molecule has 0 heteroatoms. The van der Waals surface area contributed by atoms with Crippen molar-refractivity contribution in [1.29, 1.82) is 0 Å². The maximum absolute atomic E-state index is 7.74. The molecule has 0 N–H and O–H groups in total. The van der Waals surface area contributed by atoms with Gasteiger partial charge in [-0.15, -0.1) is 0 Å². The first-order valence-corrected chi connectivity index (χ1v) is 3.97. The van der Waals surface area contributed by atoms with Crippen molar-refractivity contribution in [2.45, 2.75) is 25.7 Å². The van der Waals surface area contributed by atoms with Crippen LogP contribution in [0.15, 0.2) is 11.6 Å². The lowest BCUT2D eigenvalue weighted by Crippen LogP contribution is -2.04. The first kappa shape index (κ1) is 3.80. The molecule has 0 aliphatic heterocycles. The summed E-state index contributed by atoms with van der Waals surface area (Å²) in [5, 5.41) is 0. The molecule has 2 fully saturated rings. The van der Waals surface area contributed by atoms with E-state index in [0.717, 1.165) is 17.8 Å². The van der Waals surface area contributed by atoms with Crippen molar-refractivity contribution in [2.24, 2.45) is 17.8 Å². The van der Waals surface area contributed by atoms with E-state index < -0.39 is 0 Å². The van der Waals surface area contributed by atoms with Crippen molar-refractivity contribution < 1.29 is 1.37 Å². The summed E-state index contributed by atoms with van der Waals surface area (Å²) in [6.45, 7) is 0. The van der Waals surface area contributed by atoms with Crippen LogP contribution in [0.4, 0.5) is 0 Å². The maximum Gasteiger partial charge on any atom is 0.0313 e. The lowest BCUT2D eigenvalue weighted by molar-refractivity contribution is 0.436. The van der Waals surface area contributed by atoms with Crippen LogP contribution in [-0.2, 0) is 0 Å². The van der Waals surface area contributed by atoms with Crippen molar-refractivity contribution in [1.82, 2.24) is 0 Å². The van der Waals surface area contributed by atoms with Gasteiger partial charge in [-0.05, 0) is 43.4 Å². The van der Waals surface area contributed by atoms with Gasteiger partial charge in [-0.2, -0.15) is 0 Å². The van der Waals surface area contributed by atoms with Crippen molar-refractivity contribution >= 4 is 0 Å². The topological polar surface area (TPSA) is 0 Å². The summed E-state index contributed by atoms with van der Waals surface area (Å²) in [5.41, 5.74) is 1.64. The van der Waals surface area contributed by atoms with Gasteiger partial charge in [-0.25, -0.2) is 0 Å².